The van der Waals surface area contributed by atoms with Crippen LogP contribution in [0.2, 0.25) is 0 Å². The van der Waals surface area contributed by atoms with Gasteiger partial charge in [0.1, 0.15) is 0 Å². The first kappa shape index (κ1) is 15.5. The highest BCUT2D eigenvalue weighted by Gasteiger charge is 2.44. The van der Waals surface area contributed by atoms with Gasteiger partial charge < -0.3 is 10.0 Å². The van der Waals surface area contributed by atoms with Crippen molar-refractivity contribution < 1.29 is 14.7 Å². The highest BCUT2D eigenvalue weighted by atomic mass is 16.4. The molecule has 1 heterocycles. The van der Waals surface area contributed by atoms with Crippen molar-refractivity contribution in [1.82, 2.24) is 4.90 Å². The first-order valence-corrected chi connectivity index (χ1v) is 7.31. The molecule has 4 heteroatoms. The van der Waals surface area contributed by atoms with Crippen LogP contribution in [0.1, 0.15) is 32.8 Å². The van der Waals surface area contributed by atoms with Crippen LogP contribution in [0.25, 0.3) is 0 Å². The fourth-order valence-electron chi connectivity index (χ4n) is 2.92. The van der Waals surface area contributed by atoms with Crippen molar-refractivity contribution in [1.29, 1.82) is 0 Å². The van der Waals surface area contributed by atoms with Crippen molar-refractivity contribution in [2.45, 2.75) is 33.6 Å². The minimum Gasteiger partial charge on any atom is -0.481 e. The Hall–Kier alpha value is -1.84. The zero-order chi connectivity index (χ0) is 15.7. The minimum atomic E-state index is -0.821. The monoisotopic (exact) mass is 289 g/mol. The number of rotatable bonds is 4. The number of aliphatic carboxylic acids is 1. The lowest BCUT2D eigenvalue weighted by Crippen LogP contribution is -2.42. The third-order valence-corrected chi connectivity index (χ3v) is 4.34. The van der Waals surface area contributed by atoms with Gasteiger partial charge in [-0.3, -0.25) is 9.59 Å². The molecular formula is C17H23NO3. The highest BCUT2D eigenvalue weighted by Crippen LogP contribution is 2.34. The number of carbonyl (C=O) groups is 2. The second-order valence-electron chi connectivity index (χ2n) is 6.89. The number of hydrogen-bond donors (Lipinski definition) is 1. The topological polar surface area (TPSA) is 57.6 Å². The number of benzene rings is 1. The van der Waals surface area contributed by atoms with Crippen LogP contribution in [0.4, 0.5) is 0 Å². The summed E-state index contributed by atoms with van der Waals surface area (Å²) < 4.78 is 0. The van der Waals surface area contributed by atoms with Crippen molar-refractivity contribution in [3.63, 3.8) is 0 Å². The Bertz CT molecular complexity index is 538. The van der Waals surface area contributed by atoms with E-state index >= 15 is 0 Å². The molecule has 0 aliphatic carbocycles. The SMILES string of the molecule is CC(C)(Cc1ccccc1)C(=O)N1CCC(C)(C(=O)O)C1. The summed E-state index contributed by atoms with van der Waals surface area (Å²) in [5, 5.41) is 9.27. The molecule has 1 aliphatic heterocycles. The molecule has 21 heavy (non-hydrogen) atoms. The predicted octanol–water partition coefficient (Wildman–Crippen LogP) is 2.58. The maximum Gasteiger partial charge on any atom is 0.311 e. The number of likely N-dealkylation sites (tertiary alicyclic amines) is 1. The Morgan fingerprint density at radius 2 is 1.90 bits per heavy atom. The zero-order valence-corrected chi connectivity index (χ0v) is 12.9. The quantitative estimate of drug-likeness (QED) is 0.927. The molecule has 0 radical (unpaired) electrons. The van der Waals surface area contributed by atoms with E-state index in [2.05, 4.69) is 0 Å². The van der Waals surface area contributed by atoms with Crippen LogP contribution >= 0.6 is 0 Å². The maximum atomic E-state index is 12.7. The third kappa shape index (κ3) is 3.26. The van der Waals surface area contributed by atoms with Crippen molar-refractivity contribution in [3.05, 3.63) is 35.9 Å². The summed E-state index contributed by atoms with van der Waals surface area (Å²) in [4.78, 5) is 25.7. The molecule has 4 nitrogen and oxygen atoms in total. The van der Waals surface area contributed by atoms with E-state index in [-0.39, 0.29) is 5.91 Å². The van der Waals surface area contributed by atoms with Crippen LogP contribution in [0.5, 0.6) is 0 Å². The summed E-state index contributed by atoms with van der Waals surface area (Å²) in [6.45, 7) is 6.41. The van der Waals surface area contributed by atoms with Crippen LogP contribution in [0.15, 0.2) is 30.3 Å². The van der Waals surface area contributed by atoms with Gasteiger partial charge >= 0.3 is 5.97 Å². The smallest absolute Gasteiger partial charge is 0.311 e. The zero-order valence-electron chi connectivity index (χ0n) is 12.9. The van der Waals surface area contributed by atoms with Crippen molar-refractivity contribution in [2.75, 3.05) is 13.1 Å². The van der Waals surface area contributed by atoms with Crippen LogP contribution in [0.3, 0.4) is 0 Å². The summed E-state index contributed by atoms with van der Waals surface area (Å²) >= 11 is 0. The highest BCUT2D eigenvalue weighted by molar-refractivity contribution is 5.84. The normalized spacial score (nSPS) is 22.3. The number of carboxylic acids is 1. The second kappa shape index (κ2) is 5.51. The van der Waals surface area contributed by atoms with Crippen LogP contribution < -0.4 is 0 Å². The van der Waals surface area contributed by atoms with Gasteiger partial charge in [-0.15, -0.1) is 0 Å². The standard InChI is InChI=1S/C17H23NO3/c1-16(2,11-13-7-5-4-6-8-13)14(19)18-10-9-17(3,12-18)15(20)21/h4-8H,9-12H2,1-3H3,(H,20,21). The van der Waals surface area contributed by atoms with Crippen LogP contribution in [0, 0.1) is 10.8 Å². The molecular weight excluding hydrogens is 266 g/mol. The van der Waals surface area contributed by atoms with E-state index in [1.165, 1.54) is 0 Å². The lowest BCUT2D eigenvalue weighted by Gasteiger charge is -2.30. The average Bonchev–Trinajstić information content (AvgIpc) is 2.82. The van der Waals surface area contributed by atoms with Crippen LogP contribution in [-0.4, -0.2) is 35.0 Å². The maximum absolute atomic E-state index is 12.7. The second-order valence-corrected chi connectivity index (χ2v) is 6.89. The lowest BCUT2D eigenvalue weighted by atomic mass is 9.84. The Balaban J connectivity index is 2.07. The Morgan fingerprint density at radius 1 is 1.29 bits per heavy atom. The number of amides is 1. The number of nitrogens with zero attached hydrogens (tertiary/aromatic N) is 1. The van der Waals surface area contributed by atoms with Gasteiger partial charge in [0.2, 0.25) is 5.91 Å². The number of carbonyl (C=O) groups excluding carboxylic acids is 1. The summed E-state index contributed by atoms with van der Waals surface area (Å²) in [6, 6.07) is 9.92. The van der Waals surface area contributed by atoms with E-state index in [9.17, 15) is 14.7 Å². The van der Waals surface area contributed by atoms with E-state index in [1.807, 2.05) is 44.2 Å². The third-order valence-electron chi connectivity index (χ3n) is 4.34. The van der Waals surface area contributed by atoms with Gasteiger partial charge in [0.25, 0.3) is 0 Å². The van der Waals surface area contributed by atoms with Gasteiger partial charge in [-0.1, -0.05) is 44.2 Å². The fourth-order valence-corrected chi connectivity index (χ4v) is 2.92. The molecule has 1 N–H and O–H groups in total. The molecule has 0 saturated carbocycles. The van der Waals surface area contributed by atoms with E-state index in [1.54, 1.807) is 11.8 Å². The summed E-state index contributed by atoms with van der Waals surface area (Å²) in [5.74, 6) is -0.782. The van der Waals surface area contributed by atoms with Gasteiger partial charge in [0.15, 0.2) is 0 Å². The van der Waals surface area contributed by atoms with Gasteiger partial charge in [-0.25, -0.2) is 0 Å². The molecule has 114 valence electrons. The Kier molecular flexibility index (Phi) is 4.08. The number of hydrogen-bond acceptors (Lipinski definition) is 2. The lowest BCUT2D eigenvalue weighted by molar-refractivity contribution is -0.148. The van der Waals surface area contributed by atoms with Gasteiger partial charge in [-0.05, 0) is 25.3 Å². The minimum absolute atomic E-state index is 0.0383. The molecule has 1 atom stereocenters. The van der Waals surface area contributed by atoms with E-state index in [4.69, 9.17) is 0 Å². The molecule has 1 saturated heterocycles. The molecule has 1 amide bonds. The molecule has 0 aromatic heterocycles. The summed E-state index contributed by atoms with van der Waals surface area (Å²) in [7, 11) is 0. The summed E-state index contributed by atoms with van der Waals surface area (Å²) in [5.41, 5.74) is -0.208. The molecule has 2 rings (SSSR count). The Morgan fingerprint density at radius 3 is 2.43 bits per heavy atom. The van der Waals surface area contributed by atoms with Gasteiger partial charge in [0, 0.05) is 18.5 Å². The molecule has 1 aromatic carbocycles. The van der Waals surface area contributed by atoms with Gasteiger partial charge in [-0.2, -0.15) is 0 Å². The fraction of sp³-hybridized carbons (Fsp3) is 0.529. The molecule has 1 unspecified atom stereocenters. The van der Waals surface area contributed by atoms with Crippen molar-refractivity contribution in [2.24, 2.45) is 10.8 Å². The van der Waals surface area contributed by atoms with E-state index < -0.39 is 16.8 Å². The van der Waals surface area contributed by atoms with Crippen molar-refractivity contribution >= 4 is 11.9 Å². The van der Waals surface area contributed by atoms with Crippen LogP contribution in [-0.2, 0) is 16.0 Å². The summed E-state index contributed by atoms with van der Waals surface area (Å²) in [6.07, 6.45) is 1.18. The van der Waals surface area contributed by atoms with Crippen molar-refractivity contribution in [3.8, 4) is 0 Å². The largest absolute Gasteiger partial charge is 0.481 e. The first-order chi connectivity index (χ1) is 9.74. The number of carboxylic acid groups (broad SMARTS) is 1. The average molecular weight is 289 g/mol. The predicted molar refractivity (Wildman–Crippen MR) is 80.9 cm³/mol. The van der Waals surface area contributed by atoms with E-state index in [0.717, 1.165) is 5.56 Å². The molecule has 0 spiro atoms. The molecule has 0 bridgehead atoms. The first-order valence-electron chi connectivity index (χ1n) is 7.31. The van der Waals surface area contributed by atoms with E-state index in [0.29, 0.717) is 25.9 Å². The van der Waals surface area contributed by atoms with Gasteiger partial charge in [0.05, 0.1) is 5.41 Å². The molecule has 1 aromatic rings. The Labute approximate surface area is 125 Å². The molecule has 1 aliphatic rings. The molecule has 1 fully saturated rings.